The van der Waals surface area contributed by atoms with E-state index in [4.69, 9.17) is 37.5 Å². The Kier molecular flexibility index (Phi) is 13.6. The normalized spacial score (nSPS) is 17.2. The smallest absolute Gasteiger partial charge is 0.261 e. The molecule has 0 saturated heterocycles. The number of benzene rings is 4. The molecule has 0 aromatic heterocycles. The lowest BCUT2D eigenvalue weighted by Gasteiger charge is -2.23. The average molecular weight is 725 g/mol. The van der Waals surface area contributed by atoms with Crippen LogP contribution in [0.3, 0.4) is 0 Å². The molecule has 1 aliphatic rings. The van der Waals surface area contributed by atoms with Crippen molar-refractivity contribution in [2.24, 2.45) is 0 Å². The van der Waals surface area contributed by atoms with E-state index in [-0.39, 0.29) is 51.8 Å². The molecule has 1 heterocycles. The molecule has 0 fully saturated rings. The molecule has 0 aliphatic carbocycles. The molecule has 4 aromatic carbocycles. The topological polar surface area (TPSA) is 108 Å². The van der Waals surface area contributed by atoms with Crippen LogP contribution in [0, 0.1) is 0 Å². The summed E-state index contributed by atoms with van der Waals surface area (Å²) in [5.74, 6) is 1.81. The SMILES string of the molecule is CC(C)O[P@@](=O)(c1ccccc1)c1ccc2c(c1)OCCOCCOc1cc([P@@](=O)(OC(C)C)c3ccccc3)ccc1OCCOCCO2. The van der Waals surface area contributed by atoms with Crippen molar-refractivity contribution in [2.75, 3.05) is 52.9 Å². The van der Waals surface area contributed by atoms with E-state index in [1.54, 1.807) is 60.7 Å². The number of rotatable bonds is 8. The van der Waals surface area contributed by atoms with Gasteiger partial charge in [-0.2, -0.15) is 0 Å². The molecule has 12 heteroatoms. The van der Waals surface area contributed by atoms with Crippen LogP contribution >= 0.6 is 14.7 Å². The van der Waals surface area contributed by atoms with Gasteiger partial charge in [-0.05, 0) is 88.4 Å². The predicted molar refractivity (Wildman–Crippen MR) is 196 cm³/mol. The van der Waals surface area contributed by atoms with Crippen LogP contribution in [0.25, 0.3) is 0 Å². The second-order valence-electron chi connectivity index (χ2n) is 12.0. The van der Waals surface area contributed by atoms with Gasteiger partial charge in [0, 0.05) is 21.2 Å². The fraction of sp³-hybridized carbons (Fsp3) is 0.368. The fourth-order valence-corrected chi connectivity index (χ4v) is 9.77. The van der Waals surface area contributed by atoms with E-state index < -0.39 is 14.7 Å². The number of hydrogen-bond donors (Lipinski definition) is 0. The molecular formula is C38H46O10P2. The quantitative estimate of drug-likeness (QED) is 0.194. The van der Waals surface area contributed by atoms with Crippen LogP contribution < -0.4 is 40.2 Å². The van der Waals surface area contributed by atoms with Gasteiger partial charge in [0.05, 0.1) is 38.6 Å². The van der Waals surface area contributed by atoms with E-state index in [9.17, 15) is 9.13 Å². The van der Waals surface area contributed by atoms with Crippen LogP contribution in [0.2, 0.25) is 0 Å². The van der Waals surface area contributed by atoms with Gasteiger partial charge in [-0.1, -0.05) is 36.4 Å². The minimum Gasteiger partial charge on any atom is -0.487 e. The molecule has 0 N–H and O–H groups in total. The van der Waals surface area contributed by atoms with Crippen LogP contribution in [-0.4, -0.2) is 65.1 Å². The van der Waals surface area contributed by atoms with E-state index in [0.717, 1.165) is 0 Å². The van der Waals surface area contributed by atoms with Gasteiger partial charge in [-0.25, -0.2) is 0 Å². The first-order valence-electron chi connectivity index (χ1n) is 16.8. The monoisotopic (exact) mass is 724 g/mol. The van der Waals surface area contributed by atoms with Crippen molar-refractivity contribution in [2.45, 2.75) is 39.9 Å². The van der Waals surface area contributed by atoms with Crippen molar-refractivity contribution in [3.8, 4) is 23.0 Å². The van der Waals surface area contributed by atoms with Crippen LogP contribution in [0.15, 0.2) is 97.1 Å². The maximum atomic E-state index is 14.4. The summed E-state index contributed by atoms with van der Waals surface area (Å²) in [5, 5.41) is 2.19. The van der Waals surface area contributed by atoms with Crippen molar-refractivity contribution in [3.05, 3.63) is 97.1 Å². The van der Waals surface area contributed by atoms with E-state index >= 15 is 0 Å². The van der Waals surface area contributed by atoms with Crippen LogP contribution in [0.4, 0.5) is 0 Å². The second kappa shape index (κ2) is 18.0. The summed E-state index contributed by atoms with van der Waals surface area (Å²) < 4.78 is 76.8. The zero-order chi connectivity index (χ0) is 35.4. The van der Waals surface area contributed by atoms with E-state index in [2.05, 4.69) is 0 Å². The van der Waals surface area contributed by atoms with Gasteiger partial charge in [-0.3, -0.25) is 9.13 Å². The molecule has 10 nitrogen and oxygen atoms in total. The van der Waals surface area contributed by atoms with Crippen molar-refractivity contribution >= 4 is 36.0 Å². The summed E-state index contributed by atoms with van der Waals surface area (Å²) in [6.45, 7) is 9.43. The van der Waals surface area contributed by atoms with Crippen LogP contribution in [0.1, 0.15) is 27.7 Å². The standard InChI is InChI=1S/C38H46O10P2/c1-29(2)47-49(39,31-11-7-5-8-12-31)33-15-17-35-37(27-33)45-25-21-42-22-26-46-38-28-34(16-18-36(38)44-24-20-41-19-23-43-35)50(40,48-30(3)4)32-13-9-6-10-14-32/h5-18,27-30H,19-26H2,1-4H3/t49-,50-/m0/s1. The van der Waals surface area contributed by atoms with Gasteiger partial charge >= 0.3 is 0 Å². The van der Waals surface area contributed by atoms with E-state index in [1.807, 2.05) is 64.1 Å². The van der Waals surface area contributed by atoms with E-state index in [1.165, 1.54) is 0 Å². The third kappa shape index (κ3) is 9.79. The van der Waals surface area contributed by atoms with Gasteiger partial charge in [0.15, 0.2) is 23.0 Å². The highest BCUT2D eigenvalue weighted by molar-refractivity contribution is 7.74. The van der Waals surface area contributed by atoms with Crippen molar-refractivity contribution < 1.29 is 46.6 Å². The van der Waals surface area contributed by atoms with Gasteiger partial charge in [-0.15, -0.1) is 0 Å². The summed E-state index contributed by atoms with van der Waals surface area (Å²) in [7, 11) is -6.86. The summed E-state index contributed by atoms with van der Waals surface area (Å²) >= 11 is 0. The van der Waals surface area contributed by atoms with Gasteiger partial charge < -0.3 is 37.5 Å². The van der Waals surface area contributed by atoms with Crippen LogP contribution in [-0.2, 0) is 27.7 Å². The molecule has 0 bridgehead atoms. The lowest BCUT2D eigenvalue weighted by atomic mass is 10.3. The zero-order valence-corrected chi connectivity index (χ0v) is 30.8. The summed E-state index contributed by atoms with van der Waals surface area (Å²) in [6.07, 6.45) is -0.546. The maximum absolute atomic E-state index is 14.4. The Bertz CT molecular complexity index is 1620. The second-order valence-corrected chi connectivity index (χ2v) is 16.7. The molecule has 0 amide bonds. The average Bonchev–Trinajstić information content (AvgIpc) is 3.11. The third-order valence-corrected chi connectivity index (χ3v) is 12.7. The lowest BCUT2D eigenvalue weighted by molar-refractivity contribution is 0.0640. The Balaban J connectivity index is 1.31. The minimum atomic E-state index is -3.43. The Morgan fingerprint density at radius 3 is 1.12 bits per heavy atom. The summed E-state index contributed by atoms with van der Waals surface area (Å²) in [4.78, 5) is 0. The largest absolute Gasteiger partial charge is 0.487 e. The third-order valence-electron chi connectivity index (χ3n) is 7.39. The first-order valence-corrected chi connectivity index (χ1v) is 20.1. The molecule has 0 saturated carbocycles. The van der Waals surface area contributed by atoms with Crippen LogP contribution in [0.5, 0.6) is 23.0 Å². The van der Waals surface area contributed by atoms with E-state index in [0.29, 0.717) is 57.4 Å². The molecule has 2 atom stereocenters. The maximum Gasteiger partial charge on any atom is 0.261 e. The number of fused-ring (bicyclic) bond motifs is 2. The van der Waals surface area contributed by atoms with Gasteiger partial charge in [0.2, 0.25) is 0 Å². The molecule has 4 aromatic rings. The zero-order valence-electron chi connectivity index (χ0n) is 29.0. The highest BCUT2D eigenvalue weighted by Crippen LogP contribution is 2.48. The summed E-state index contributed by atoms with van der Waals surface area (Å²) in [5.41, 5.74) is 0. The molecule has 0 unspecified atom stereocenters. The highest BCUT2D eigenvalue weighted by Gasteiger charge is 2.32. The summed E-state index contributed by atoms with van der Waals surface area (Å²) in [6, 6.07) is 28.8. The minimum absolute atomic E-state index is 0.202. The molecule has 0 radical (unpaired) electrons. The Hall–Kier alpha value is -3.62. The molecule has 50 heavy (non-hydrogen) atoms. The van der Waals surface area contributed by atoms with Crippen molar-refractivity contribution in [1.82, 2.24) is 0 Å². The molecule has 268 valence electrons. The fourth-order valence-electron chi connectivity index (χ4n) is 5.25. The molecule has 5 rings (SSSR count). The number of hydrogen-bond acceptors (Lipinski definition) is 10. The Morgan fingerprint density at radius 1 is 0.440 bits per heavy atom. The highest BCUT2D eigenvalue weighted by atomic mass is 31.2. The van der Waals surface area contributed by atoms with Gasteiger partial charge in [0.1, 0.15) is 26.4 Å². The number of ether oxygens (including phenoxy) is 6. The van der Waals surface area contributed by atoms with Crippen molar-refractivity contribution in [1.29, 1.82) is 0 Å². The molecular weight excluding hydrogens is 678 g/mol. The molecule has 0 spiro atoms. The van der Waals surface area contributed by atoms with Gasteiger partial charge in [0.25, 0.3) is 14.7 Å². The Labute approximate surface area is 294 Å². The van der Waals surface area contributed by atoms with Crippen molar-refractivity contribution in [3.63, 3.8) is 0 Å². The first kappa shape index (κ1) is 37.6. The predicted octanol–water partition coefficient (Wildman–Crippen LogP) is 6.26. The lowest BCUT2D eigenvalue weighted by Crippen LogP contribution is -2.22. The molecule has 1 aliphatic heterocycles. The first-order chi connectivity index (χ1) is 24.2. The Morgan fingerprint density at radius 2 is 0.780 bits per heavy atom.